The van der Waals surface area contributed by atoms with Crippen LogP contribution in [0, 0.1) is 5.92 Å². The van der Waals surface area contributed by atoms with Gasteiger partial charge in [0, 0.05) is 32.4 Å². The first-order valence-electron chi connectivity index (χ1n) is 10.9. The molecular weight excluding hydrogens is 478 g/mol. The number of aliphatic carboxylic acids is 1. The van der Waals surface area contributed by atoms with Gasteiger partial charge in [-0.1, -0.05) is 37.6 Å². The van der Waals surface area contributed by atoms with E-state index < -0.39 is 5.97 Å². The van der Waals surface area contributed by atoms with Crippen LogP contribution in [0.4, 0.5) is 17.5 Å². The van der Waals surface area contributed by atoms with Gasteiger partial charge in [0.05, 0.1) is 17.1 Å². The first kappa shape index (κ1) is 27.1. The molecule has 0 unspecified atom stereocenters. The van der Waals surface area contributed by atoms with Gasteiger partial charge in [0.15, 0.2) is 5.11 Å². The Kier molecular flexibility index (Phi) is 11.3. The van der Waals surface area contributed by atoms with Gasteiger partial charge in [-0.15, -0.1) is 0 Å². The number of hydrogen-bond donors (Lipinski definition) is 6. The summed E-state index contributed by atoms with van der Waals surface area (Å²) in [7, 11) is 0. The average molecular weight is 508 g/mol. The van der Waals surface area contributed by atoms with Crippen LogP contribution >= 0.6 is 23.8 Å². The van der Waals surface area contributed by atoms with E-state index in [9.17, 15) is 9.59 Å². The maximum atomic E-state index is 12.7. The predicted octanol–water partition coefficient (Wildman–Crippen LogP) is 3.00. The Labute approximate surface area is 209 Å². The third kappa shape index (κ3) is 9.75. The fourth-order valence-electron chi connectivity index (χ4n) is 2.66. The highest BCUT2D eigenvalue weighted by Gasteiger charge is 2.15. The van der Waals surface area contributed by atoms with Gasteiger partial charge in [-0.05, 0) is 36.7 Å². The number of nitrogens with one attached hydrogen (secondary N) is 5. The molecule has 0 fully saturated rings. The molecule has 6 N–H and O–H groups in total. The second kappa shape index (κ2) is 14.2. The molecule has 12 heteroatoms. The molecule has 34 heavy (non-hydrogen) atoms. The van der Waals surface area contributed by atoms with Crippen LogP contribution in [-0.4, -0.2) is 58.2 Å². The molecule has 2 rings (SSSR count). The molecule has 10 nitrogen and oxygen atoms in total. The summed E-state index contributed by atoms with van der Waals surface area (Å²) in [6.45, 7) is 5.89. The number of halogens is 1. The molecular formula is C22H30ClN7O3S. The number of carbonyl (C=O) groups excluding carboxylic acids is 1. The lowest BCUT2D eigenvalue weighted by Gasteiger charge is -2.15. The Morgan fingerprint density at radius 3 is 2.56 bits per heavy atom. The summed E-state index contributed by atoms with van der Waals surface area (Å²) in [5.41, 5.74) is 0.990. The third-order valence-electron chi connectivity index (χ3n) is 4.38. The molecule has 0 atom stereocenters. The average Bonchev–Trinajstić information content (AvgIpc) is 2.78. The number of aromatic nitrogens is 2. The van der Waals surface area contributed by atoms with Gasteiger partial charge < -0.3 is 31.7 Å². The van der Waals surface area contributed by atoms with Gasteiger partial charge in [-0.3, -0.25) is 9.59 Å². The van der Waals surface area contributed by atoms with E-state index in [0.717, 1.165) is 0 Å². The number of carbonyl (C=O) groups is 2. The first-order chi connectivity index (χ1) is 16.3. The van der Waals surface area contributed by atoms with Crippen LogP contribution in [0.3, 0.4) is 0 Å². The van der Waals surface area contributed by atoms with E-state index in [2.05, 4.69) is 36.6 Å². The fraction of sp³-hybridized carbons (Fsp3) is 0.409. The molecule has 184 valence electrons. The van der Waals surface area contributed by atoms with Gasteiger partial charge in [0.1, 0.15) is 11.4 Å². The number of carboxylic acids is 1. The van der Waals surface area contributed by atoms with E-state index in [1.807, 2.05) is 26.0 Å². The maximum absolute atomic E-state index is 12.7. The Bertz CT molecular complexity index is 991. The number of para-hydroxylation sites is 1. The second-order valence-electron chi connectivity index (χ2n) is 7.77. The number of benzene rings is 1. The summed E-state index contributed by atoms with van der Waals surface area (Å²) in [5.74, 6) is -0.143. The van der Waals surface area contributed by atoms with Crippen molar-refractivity contribution in [2.75, 3.05) is 36.8 Å². The van der Waals surface area contributed by atoms with Crippen LogP contribution in [0.2, 0.25) is 5.02 Å². The summed E-state index contributed by atoms with van der Waals surface area (Å²) in [4.78, 5) is 32.0. The zero-order valence-electron chi connectivity index (χ0n) is 19.2. The van der Waals surface area contributed by atoms with Crippen molar-refractivity contribution in [2.45, 2.75) is 26.7 Å². The second-order valence-corrected chi connectivity index (χ2v) is 8.59. The van der Waals surface area contributed by atoms with Crippen molar-refractivity contribution >= 4 is 58.3 Å². The van der Waals surface area contributed by atoms with Gasteiger partial charge in [0.2, 0.25) is 5.95 Å². The molecule has 0 saturated heterocycles. The molecule has 1 aromatic carbocycles. The van der Waals surface area contributed by atoms with E-state index in [0.29, 0.717) is 65.1 Å². The Morgan fingerprint density at radius 1 is 1.12 bits per heavy atom. The quantitative estimate of drug-likeness (QED) is 0.177. The monoisotopic (exact) mass is 507 g/mol. The lowest BCUT2D eigenvalue weighted by molar-refractivity contribution is -0.136. The van der Waals surface area contributed by atoms with Crippen molar-refractivity contribution in [1.29, 1.82) is 0 Å². The largest absolute Gasteiger partial charge is 0.481 e. The van der Waals surface area contributed by atoms with E-state index in [1.165, 1.54) is 6.20 Å². The highest BCUT2D eigenvalue weighted by Crippen LogP contribution is 2.24. The predicted molar refractivity (Wildman–Crippen MR) is 138 cm³/mol. The molecule has 0 spiro atoms. The zero-order chi connectivity index (χ0) is 24.9. The van der Waals surface area contributed by atoms with E-state index >= 15 is 0 Å². The van der Waals surface area contributed by atoms with Crippen molar-refractivity contribution in [3.05, 3.63) is 41.0 Å². The van der Waals surface area contributed by atoms with Gasteiger partial charge >= 0.3 is 5.97 Å². The third-order valence-corrected chi connectivity index (χ3v) is 5.00. The van der Waals surface area contributed by atoms with Crippen LogP contribution < -0.4 is 26.6 Å². The number of nitrogens with zero attached hydrogens (tertiary/aromatic N) is 2. The van der Waals surface area contributed by atoms with Gasteiger partial charge in [-0.25, -0.2) is 4.98 Å². The van der Waals surface area contributed by atoms with Crippen LogP contribution in [0.25, 0.3) is 0 Å². The molecule has 0 radical (unpaired) electrons. The number of thiocarbonyl (C=S) groups is 1. The van der Waals surface area contributed by atoms with Crippen LogP contribution in [0.5, 0.6) is 0 Å². The van der Waals surface area contributed by atoms with Gasteiger partial charge in [-0.2, -0.15) is 4.98 Å². The molecule has 1 heterocycles. The lowest BCUT2D eigenvalue weighted by Crippen LogP contribution is -2.37. The smallest absolute Gasteiger partial charge is 0.305 e. The lowest BCUT2D eigenvalue weighted by atomic mass is 10.2. The molecule has 0 aliphatic rings. The van der Waals surface area contributed by atoms with E-state index in [-0.39, 0.29) is 18.9 Å². The topological polar surface area (TPSA) is 140 Å². The van der Waals surface area contributed by atoms with E-state index in [1.54, 1.807) is 12.1 Å². The summed E-state index contributed by atoms with van der Waals surface area (Å²) in [5, 5.41) is 24.6. The first-order valence-corrected chi connectivity index (χ1v) is 11.7. The number of anilines is 3. The molecule has 0 saturated carbocycles. The fourth-order valence-corrected chi connectivity index (χ4v) is 3.05. The summed E-state index contributed by atoms with van der Waals surface area (Å²) < 4.78 is 0. The Hall–Kier alpha value is -3.18. The molecule has 0 aliphatic carbocycles. The van der Waals surface area contributed by atoms with Crippen molar-refractivity contribution < 1.29 is 14.7 Å². The zero-order valence-corrected chi connectivity index (χ0v) is 20.7. The van der Waals surface area contributed by atoms with Crippen LogP contribution in [0.1, 0.15) is 37.0 Å². The molecule has 0 aliphatic heterocycles. The molecule has 1 amide bonds. The highest BCUT2D eigenvalue weighted by molar-refractivity contribution is 7.80. The number of carboxylic acid groups (broad SMARTS) is 1. The van der Waals surface area contributed by atoms with Crippen molar-refractivity contribution in [1.82, 2.24) is 25.9 Å². The van der Waals surface area contributed by atoms with Crippen LogP contribution in [-0.2, 0) is 4.79 Å². The normalized spacial score (nSPS) is 10.5. The van der Waals surface area contributed by atoms with Gasteiger partial charge in [0.25, 0.3) is 5.91 Å². The number of rotatable bonds is 13. The summed E-state index contributed by atoms with van der Waals surface area (Å²) in [6, 6.07) is 7.23. The van der Waals surface area contributed by atoms with Crippen molar-refractivity contribution in [2.24, 2.45) is 5.92 Å². The molecule has 0 bridgehead atoms. The van der Waals surface area contributed by atoms with E-state index in [4.69, 9.17) is 28.9 Å². The Balaban J connectivity index is 1.98. The molecule has 2 aromatic rings. The number of hydrogen-bond acceptors (Lipinski definition) is 7. The standard InChI is InChI=1S/C22H30ClN7O3S/c1-14(2)12-27-20(33)15-13-28-21(29-17-7-4-3-6-16(17)23)30-19(15)24-9-5-10-25-22(34)26-11-8-18(31)32/h3-4,6-7,13-14H,5,8-12H2,1-2H3,(H,27,33)(H,31,32)(H2,25,26,34)(H2,24,28,29,30). The van der Waals surface area contributed by atoms with Crippen molar-refractivity contribution in [3.8, 4) is 0 Å². The number of amides is 1. The van der Waals surface area contributed by atoms with Crippen LogP contribution in [0.15, 0.2) is 30.5 Å². The van der Waals surface area contributed by atoms with Crippen molar-refractivity contribution in [3.63, 3.8) is 0 Å². The minimum absolute atomic E-state index is 0.0106. The maximum Gasteiger partial charge on any atom is 0.305 e. The molecule has 1 aromatic heterocycles. The highest BCUT2D eigenvalue weighted by atomic mass is 35.5. The minimum atomic E-state index is -0.888. The Morgan fingerprint density at radius 2 is 1.85 bits per heavy atom. The summed E-state index contributed by atoms with van der Waals surface area (Å²) in [6.07, 6.45) is 2.14. The SMILES string of the molecule is CC(C)CNC(=O)c1cnc(Nc2ccccc2Cl)nc1NCCCNC(=S)NCCC(=O)O. The summed E-state index contributed by atoms with van der Waals surface area (Å²) >= 11 is 11.3. The minimum Gasteiger partial charge on any atom is -0.481 e.